The van der Waals surface area contributed by atoms with Crippen LogP contribution in [0.4, 0.5) is 0 Å². The van der Waals surface area contributed by atoms with Gasteiger partial charge in [0.15, 0.2) is 0 Å². The first-order valence-corrected chi connectivity index (χ1v) is 25.7. The van der Waals surface area contributed by atoms with Crippen molar-refractivity contribution in [3.8, 4) is 95.3 Å². The molecule has 0 aliphatic carbocycles. The molecule has 354 valence electrons. The van der Waals surface area contributed by atoms with E-state index in [9.17, 15) is 5.26 Å². The van der Waals surface area contributed by atoms with Gasteiger partial charge in [-0.15, -0.1) is 0 Å². The van der Waals surface area contributed by atoms with Crippen molar-refractivity contribution >= 4 is 43.6 Å². The van der Waals surface area contributed by atoms with Gasteiger partial charge in [0.05, 0.1) is 33.7 Å². The van der Waals surface area contributed by atoms with Gasteiger partial charge in [-0.1, -0.05) is 182 Å². The van der Waals surface area contributed by atoms with Crippen LogP contribution in [0.25, 0.3) is 133 Å². The molecule has 0 fully saturated rings. The van der Waals surface area contributed by atoms with Crippen LogP contribution in [0.2, 0.25) is 0 Å². The molecule has 4 nitrogen and oxygen atoms in total. The molecule has 14 rings (SSSR count). The Morgan fingerprint density at radius 1 is 0.276 bits per heavy atom. The summed E-state index contributed by atoms with van der Waals surface area (Å²) in [6, 6.07) is 97.8. The van der Waals surface area contributed by atoms with E-state index in [1.54, 1.807) is 0 Å². The zero-order valence-electron chi connectivity index (χ0n) is 41.3. The summed E-state index contributed by atoms with van der Waals surface area (Å²) in [6.07, 6.45) is 3.95. The van der Waals surface area contributed by atoms with Crippen molar-refractivity contribution in [2.24, 2.45) is 0 Å². The number of rotatable bonds is 9. The highest BCUT2D eigenvalue weighted by molar-refractivity contribution is 6.13. The van der Waals surface area contributed by atoms with Gasteiger partial charge < -0.3 is 9.13 Å². The Hall–Kier alpha value is -10.3. The topological polar surface area (TPSA) is 46.5 Å². The summed E-state index contributed by atoms with van der Waals surface area (Å²) in [5.74, 6) is 0. The largest absolute Gasteiger partial charge is 0.309 e. The Bertz CT molecular complexity index is 4060. The monoisotopic (exact) mass is 966 g/mol. The Kier molecular flexibility index (Phi) is 10.9. The van der Waals surface area contributed by atoms with E-state index in [1.165, 1.54) is 66.1 Å². The molecule has 0 radical (unpaired) electrons. The van der Waals surface area contributed by atoms with Crippen LogP contribution in [0, 0.1) is 11.3 Å². The summed E-state index contributed by atoms with van der Waals surface area (Å²) < 4.78 is 4.77. The molecule has 0 unspecified atom stereocenters. The van der Waals surface area contributed by atoms with Crippen molar-refractivity contribution in [1.29, 1.82) is 5.26 Å². The predicted molar refractivity (Wildman–Crippen MR) is 316 cm³/mol. The summed E-state index contributed by atoms with van der Waals surface area (Å²) >= 11 is 0. The van der Waals surface area contributed by atoms with Gasteiger partial charge in [0.1, 0.15) is 0 Å². The van der Waals surface area contributed by atoms with Crippen LogP contribution in [-0.2, 0) is 0 Å². The lowest BCUT2D eigenvalue weighted by molar-refractivity contribution is 1.18. The lowest BCUT2D eigenvalue weighted by Gasteiger charge is -2.17. The van der Waals surface area contributed by atoms with Gasteiger partial charge >= 0.3 is 0 Å². The Labute approximate surface area is 440 Å². The van der Waals surface area contributed by atoms with E-state index in [4.69, 9.17) is 4.98 Å². The van der Waals surface area contributed by atoms with Crippen LogP contribution in [0.5, 0.6) is 0 Å². The quantitative estimate of drug-likeness (QED) is 0.145. The van der Waals surface area contributed by atoms with Gasteiger partial charge in [0.2, 0.25) is 0 Å². The SMILES string of the molecule is N#Cc1ccc(-c2c(-c3ccc(-n4c5ccc(-c6ccccc6)cc5c5cc(-c6ccccc6)ccc54)cc3)cncc2-c2ccc(-n3c4ccc(-c5ccccc5)cc4c4cc(-c5ccccc5)ccc43)cc2)cc1. The zero-order valence-corrected chi connectivity index (χ0v) is 41.3. The van der Waals surface area contributed by atoms with Gasteiger partial charge in [0.25, 0.3) is 0 Å². The average Bonchev–Trinajstić information content (AvgIpc) is 4.01. The number of aromatic nitrogens is 3. The molecule has 0 atom stereocenters. The highest BCUT2D eigenvalue weighted by atomic mass is 15.0. The number of nitriles is 1. The molecule has 14 aromatic rings. The summed E-state index contributed by atoms with van der Waals surface area (Å²) in [5.41, 5.74) is 23.0. The van der Waals surface area contributed by atoms with E-state index >= 15 is 0 Å². The van der Waals surface area contributed by atoms with Crippen LogP contribution in [-0.4, -0.2) is 14.1 Å². The summed E-state index contributed by atoms with van der Waals surface area (Å²) in [7, 11) is 0. The van der Waals surface area contributed by atoms with Crippen molar-refractivity contribution < 1.29 is 0 Å². The lowest BCUT2D eigenvalue weighted by atomic mass is 9.89. The van der Waals surface area contributed by atoms with Crippen molar-refractivity contribution in [1.82, 2.24) is 14.1 Å². The maximum absolute atomic E-state index is 9.84. The van der Waals surface area contributed by atoms with E-state index in [-0.39, 0.29) is 0 Å². The molecule has 3 heterocycles. The molecule has 11 aromatic carbocycles. The van der Waals surface area contributed by atoms with Gasteiger partial charge in [-0.2, -0.15) is 5.26 Å². The van der Waals surface area contributed by atoms with Crippen molar-refractivity contribution in [3.63, 3.8) is 0 Å². The summed E-state index contributed by atoms with van der Waals surface area (Å²) in [5, 5.41) is 14.7. The highest BCUT2D eigenvalue weighted by Gasteiger charge is 2.20. The van der Waals surface area contributed by atoms with Crippen LogP contribution < -0.4 is 0 Å². The fraction of sp³-hybridized carbons (Fsp3) is 0. The van der Waals surface area contributed by atoms with Gasteiger partial charge in [-0.25, -0.2) is 0 Å². The molecule has 0 spiro atoms. The van der Waals surface area contributed by atoms with E-state index in [0.29, 0.717) is 5.56 Å². The second-order valence-electron chi connectivity index (χ2n) is 19.5. The fourth-order valence-electron chi connectivity index (χ4n) is 11.3. The van der Waals surface area contributed by atoms with Gasteiger partial charge in [-0.05, 0) is 146 Å². The molecule has 0 saturated carbocycles. The molecular formula is C72H46N4. The molecule has 0 aliphatic rings. The maximum Gasteiger partial charge on any atom is 0.0991 e. The Morgan fingerprint density at radius 3 is 0.868 bits per heavy atom. The van der Waals surface area contributed by atoms with Crippen molar-refractivity contribution in [2.45, 2.75) is 0 Å². The first kappa shape index (κ1) is 44.4. The Morgan fingerprint density at radius 2 is 0.566 bits per heavy atom. The number of pyridine rings is 1. The molecule has 4 heteroatoms. The number of nitrogens with zero attached hydrogens (tertiary/aromatic N) is 4. The Balaban J connectivity index is 0.877. The minimum absolute atomic E-state index is 0.616. The predicted octanol–water partition coefficient (Wildman–Crippen LogP) is 18.8. The van der Waals surface area contributed by atoms with Crippen molar-refractivity contribution in [2.75, 3.05) is 0 Å². The molecular weight excluding hydrogens is 921 g/mol. The third kappa shape index (κ3) is 7.74. The first-order chi connectivity index (χ1) is 37.6. The van der Waals surface area contributed by atoms with Crippen LogP contribution >= 0.6 is 0 Å². The third-order valence-electron chi connectivity index (χ3n) is 15.1. The number of benzene rings is 11. The minimum Gasteiger partial charge on any atom is -0.309 e. The molecule has 0 aliphatic heterocycles. The van der Waals surface area contributed by atoms with E-state index in [0.717, 1.165) is 66.8 Å². The van der Waals surface area contributed by atoms with Crippen LogP contribution in [0.1, 0.15) is 5.56 Å². The molecule has 3 aromatic heterocycles. The zero-order chi connectivity index (χ0) is 50.5. The minimum atomic E-state index is 0.616. The van der Waals surface area contributed by atoms with E-state index < -0.39 is 0 Å². The lowest BCUT2D eigenvalue weighted by Crippen LogP contribution is -1.96. The van der Waals surface area contributed by atoms with Crippen molar-refractivity contribution in [3.05, 3.63) is 285 Å². The summed E-state index contributed by atoms with van der Waals surface area (Å²) in [4.78, 5) is 4.94. The molecule has 0 N–H and O–H groups in total. The molecule has 0 saturated heterocycles. The van der Waals surface area contributed by atoms with Crippen LogP contribution in [0.3, 0.4) is 0 Å². The number of hydrogen-bond donors (Lipinski definition) is 0. The second-order valence-corrected chi connectivity index (χ2v) is 19.5. The average molecular weight is 967 g/mol. The standard InChI is InChI=1S/C72H46N4/c73-45-48-21-23-55(24-22-48)72-66(53-25-33-60(34-26-53)75-68-37-29-56(49-13-5-1-6-14-49)41-62(68)63-42-57(30-38-69(63)75)50-15-7-2-8-16-50)46-74-47-67(72)54-27-35-61(36-28-54)76-70-39-31-58(51-17-9-3-10-18-51)43-64(70)65-44-59(32-40-71(65)76)52-19-11-4-12-20-52/h1-44,46-47H. The third-order valence-corrected chi connectivity index (χ3v) is 15.1. The molecule has 0 bridgehead atoms. The summed E-state index contributed by atoms with van der Waals surface area (Å²) in [6.45, 7) is 0. The maximum atomic E-state index is 9.84. The smallest absolute Gasteiger partial charge is 0.0991 e. The molecule has 76 heavy (non-hydrogen) atoms. The van der Waals surface area contributed by atoms with Gasteiger partial charge in [-0.3, -0.25) is 4.98 Å². The van der Waals surface area contributed by atoms with E-state index in [2.05, 4.69) is 270 Å². The normalized spacial score (nSPS) is 11.4. The van der Waals surface area contributed by atoms with Gasteiger partial charge in [0, 0.05) is 62.0 Å². The van der Waals surface area contributed by atoms with E-state index in [1.807, 2.05) is 24.5 Å². The first-order valence-electron chi connectivity index (χ1n) is 25.7. The second kappa shape index (κ2) is 18.6. The number of hydrogen-bond acceptors (Lipinski definition) is 2. The fourth-order valence-corrected chi connectivity index (χ4v) is 11.3. The van der Waals surface area contributed by atoms with Crippen LogP contribution in [0.15, 0.2) is 279 Å². The highest BCUT2D eigenvalue weighted by Crippen LogP contribution is 2.43. The number of fused-ring (bicyclic) bond motifs is 6. The molecule has 0 amide bonds.